The second-order valence-electron chi connectivity index (χ2n) is 5.49. The number of halogens is 2. The quantitative estimate of drug-likeness (QED) is 0.839. The molecule has 1 heterocycles. The van der Waals surface area contributed by atoms with Crippen LogP contribution in [0.2, 0.25) is 10.0 Å². The van der Waals surface area contributed by atoms with Crippen LogP contribution in [0.1, 0.15) is 12.8 Å². The minimum absolute atomic E-state index is 0.182. The van der Waals surface area contributed by atoms with E-state index in [9.17, 15) is 10.2 Å². The molecule has 0 aromatic heterocycles. The molecule has 0 amide bonds. The zero-order chi connectivity index (χ0) is 15.2. The van der Waals surface area contributed by atoms with Crippen molar-refractivity contribution in [3.05, 3.63) is 28.2 Å². The number of nitrogens with zero attached hydrogens (tertiary/aromatic N) is 1. The Kier molecular flexibility index (Phi) is 6.58. The molecule has 1 aromatic carbocycles. The van der Waals surface area contributed by atoms with Gasteiger partial charge in [0.1, 0.15) is 18.5 Å². The zero-order valence-electron chi connectivity index (χ0n) is 11.8. The minimum Gasteiger partial charge on any atom is -0.489 e. The molecule has 2 N–H and O–H groups in total. The average molecular weight is 334 g/mol. The highest BCUT2D eigenvalue weighted by atomic mass is 35.5. The molecular formula is C15H21Cl2NO3. The average Bonchev–Trinajstić information content (AvgIpc) is 2.46. The van der Waals surface area contributed by atoms with E-state index < -0.39 is 6.10 Å². The number of piperidine rings is 1. The summed E-state index contributed by atoms with van der Waals surface area (Å²) in [5, 5.41) is 20.3. The summed E-state index contributed by atoms with van der Waals surface area (Å²) in [7, 11) is 0. The van der Waals surface area contributed by atoms with Gasteiger partial charge in [-0.3, -0.25) is 0 Å². The number of likely N-dealkylation sites (tertiary alicyclic amines) is 1. The lowest BCUT2D eigenvalue weighted by Gasteiger charge is -2.33. The van der Waals surface area contributed by atoms with Gasteiger partial charge in [0, 0.05) is 24.7 Å². The van der Waals surface area contributed by atoms with E-state index in [1.165, 1.54) is 0 Å². The fraction of sp³-hybridized carbons (Fsp3) is 0.600. The van der Waals surface area contributed by atoms with Crippen LogP contribution >= 0.6 is 23.2 Å². The van der Waals surface area contributed by atoms with Crippen molar-refractivity contribution in [2.24, 2.45) is 5.92 Å². The molecule has 1 aromatic rings. The van der Waals surface area contributed by atoms with Crippen LogP contribution < -0.4 is 4.74 Å². The predicted molar refractivity (Wildman–Crippen MR) is 84.2 cm³/mol. The Bertz CT molecular complexity index is 459. The van der Waals surface area contributed by atoms with Crippen molar-refractivity contribution < 1.29 is 14.9 Å². The normalized spacial score (nSPS) is 21.2. The number of aliphatic hydroxyl groups is 2. The molecule has 2 rings (SSSR count). The van der Waals surface area contributed by atoms with Gasteiger partial charge in [-0.2, -0.15) is 0 Å². The Morgan fingerprint density at radius 2 is 2.19 bits per heavy atom. The molecule has 0 aliphatic carbocycles. The van der Waals surface area contributed by atoms with Crippen LogP contribution in [0.15, 0.2) is 18.2 Å². The standard InChI is InChI=1S/C15H21Cl2NO3/c16-12-3-4-15(14(17)6-12)21-10-13(20)8-18-5-1-2-11(7-18)9-19/h3-4,6,11,13,19-20H,1-2,5,7-10H2. The number of benzene rings is 1. The molecule has 21 heavy (non-hydrogen) atoms. The first-order chi connectivity index (χ1) is 10.1. The van der Waals surface area contributed by atoms with E-state index in [4.69, 9.17) is 27.9 Å². The molecule has 118 valence electrons. The van der Waals surface area contributed by atoms with Crippen LogP contribution in [-0.2, 0) is 0 Å². The molecule has 1 saturated heterocycles. The summed E-state index contributed by atoms with van der Waals surface area (Å²) in [5.74, 6) is 0.838. The maximum absolute atomic E-state index is 10.1. The lowest BCUT2D eigenvalue weighted by atomic mass is 9.99. The summed E-state index contributed by atoms with van der Waals surface area (Å²) in [4.78, 5) is 2.17. The highest BCUT2D eigenvalue weighted by Crippen LogP contribution is 2.27. The lowest BCUT2D eigenvalue weighted by molar-refractivity contribution is 0.0431. The van der Waals surface area contributed by atoms with E-state index in [2.05, 4.69) is 4.90 Å². The van der Waals surface area contributed by atoms with E-state index >= 15 is 0 Å². The van der Waals surface area contributed by atoms with Crippen molar-refractivity contribution in [1.82, 2.24) is 4.90 Å². The van der Waals surface area contributed by atoms with Crippen LogP contribution in [-0.4, -0.2) is 54.1 Å². The maximum Gasteiger partial charge on any atom is 0.138 e. The third-order valence-corrected chi connectivity index (χ3v) is 4.19. The van der Waals surface area contributed by atoms with Crippen LogP contribution in [0.4, 0.5) is 0 Å². The van der Waals surface area contributed by atoms with E-state index in [-0.39, 0.29) is 13.2 Å². The number of β-amino-alcohol motifs (C(OH)–C–C–N with tert-alkyl or cyclic N) is 1. The van der Waals surface area contributed by atoms with E-state index in [0.717, 1.165) is 25.9 Å². The smallest absolute Gasteiger partial charge is 0.138 e. The van der Waals surface area contributed by atoms with Gasteiger partial charge in [0.15, 0.2) is 0 Å². The number of hydrogen-bond donors (Lipinski definition) is 2. The second-order valence-corrected chi connectivity index (χ2v) is 6.33. The van der Waals surface area contributed by atoms with Crippen LogP contribution in [0, 0.1) is 5.92 Å². The fourth-order valence-electron chi connectivity index (χ4n) is 2.60. The Morgan fingerprint density at radius 3 is 2.90 bits per heavy atom. The van der Waals surface area contributed by atoms with Crippen molar-refractivity contribution >= 4 is 23.2 Å². The maximum atomic E-state index is 10.1. The highest BCUT2D eigenvalue weighted by molar-refractivity contribution is 6.35. The van der Waals surface area contributed by atoms with Gasteiger partial charge in [-0.1, -0.05) is 23.2 Å². The van der Waals surface area contributed by atoms with Crippen molar-refractivity contribution in [1.29, 1.82) is 0 Å². The molecule has 2 unspecified atom stereocenters. The second kappa shape index (κ2) is 8.20. The van der Waals surface area contributed by atoms with Crippen molar-refractivity contribution in [2.75, 3.05) is 32.8 Å². The van der Waals surface area contributed by atoms with Crippen molar-refractivity contribution in [3.63, 3.8) is 0 Å². The first kappa shape index (κ1) is 16.8. The summed E-state index contributed by atoms with van der Waals surface area (Å²) in [6.07, 6.45) is 1.52. The number of hydrogen-bond acceptors (Lipinski definition) is 4. The lowest BCUT2D eigenvalue weighted by Crippen LogP contribution is -2.42. The SMILES string of the molecule is OCC1CCCN(CC(O)COc2ccc(Cl)cc2Cl)C1. The Morgan fingerprint density at radius 1 is 1.38 bits per heavy atom. The van der Waals surface area contributed by atoms with Crippen LogP contribution in [0.3, 0.4) is 0 Å². The molecular weight excluding hydrogens is 313 g/mol. The third kappa shape index (κ3) is 5.31. The molecule has 1 aliphatic rings. The molecule has 0 bridgehead atoms. The molecule has 0 saturated carbocycles. The van der Waals surface area contributed by atoms with Gasteiger partial charge >= 0.3 is 0 Å². The molecule has 6 heteroatoms. The summed E-state index contributed by atoms with van der Waals surface area (Å²) in [6, 6.07) is 5.01. The van der Waals surface area contributed by atoms with E-state index in [1.807, 2.05) is 0 Å². The first-order valence-corrected chi connectivity index (χ1v) is 7.93. The monoisotopic (exact) mass is 333 g/mol. The predicted octanol–water partition coefficient (Wildman–Crippen LogP) is 2.44. The first-order valence-electron chi connectivity index (χ1n) is 7.17. The minimum atomic E-state index is -0.589. The Balaban J connectivity index is 1.77. The number of rotatable bonds is 6. The third-order valence-electron chi connectivity index (χ3n) is 3.66. The van der Waals surface area contributed by atoms with E-state index in [0.29, 0.717) is 28.3 Å². The van der Waals surface area contributed by atoms with Gasteiger partial charge in [-0.25, -0.2) is 0 Å². The van der Waals surface area contributed by atoms with Crippen LogP contribution in [0.5, 0.6) is 5.75 Å². The van der Waals surface area contributed by atoms with Gasteiger partial charge in [0.25, 0.3) is 0 Å². The topological polar surface area (TPSA) is 52.9 Å². The summed E-state index contributed by atoms with van der Waals surface area (Å²) in [5.41, 5.74) is 0. The molecule has 0 radical (unpaired) electrons. The molecule has 1 aliphatic heterocycles. The summed E-state index contributed by atoms with van der Waals surface area (Å²) >= 11 is 11.8. The van der Waals surface area contributed by atoms with Gasteiger partial charge in [-0.05, 0) is 43.5 Å². The summed E-state index contributed by atoms with van der Waals surface area (Å²) in [6.45, 7) is 2.72. The van der Waals surface area contributed by atoms with E-state index in [1.54, 1.807) is 18.2 Å². The Hall–Kier alpha value is -0.520. The van der Waals surface area contributed by atoms with Gasteiger partial charge < -0.3 is 19.8 Å². The largest absolute Gasteiger partial charge is 0.489 e. The van der Waals surface area contributed by atoms with Crippen molar-refractivity contribution in [2.45, 2.75) is 18.9 Å². The molecule has 2 atom stereocenters. The number of aliphatic hydroxyl groups excluding tert-OH is 2. The van der Waals surface area contributed by atoms with Crippen molar-refractivity contribution in [3.8, 4) is 5.75 Å². The molecule has 4 nitrogen and oxygen atoms in total. The zero-order valence-corrected chi connectivity index (χ0v) is 13.4. The van der Waals surface area contributed by atoms with Crippen LogP contribution in [0.25, 0.3) is 0 Å². The van der Waals surface area contributed by atoms with Gasteiger partial charge in [0.05, 0.1) is 5.02 Å². The summed E-state index contributed by atoms with van der Waals surface area (Å²) < 4.78 is 5.53. The van der Waals surface area contributed by atoms with Gasteiger partial charge in [0.2, 0.25) is 0 Å². The molecule has 0 spiro atoms. The molecule has 1 fully saturated rings. The number of ether oxygens (including phenoxy) is 1. The Labute approximate surface area is 135 Å². The highest BCUT2D eigenvalue weighted by Gasteiger charge is 2.21. The fourth-order valence-corrected chi connectivity index (χ4v) is 3.06. The van der Waals surface area contributed by atoms with Gasteiger partial charge in [-0.15, -0.1) is 0 Å².